The number of carbonyl (C=O) groups excluding carboxylic acids is 1. The number of hydrogen-bond donors (Lipinski definition) is 1. The van der Waals surface area contributed by atoms with Crippen molar-refractivity contribution in [3.8, 4) is 0 Å². The third-order valence-corrected chi connectivity index (χ3v) is 7.94. The Balaban J connectivity index is 1.40. The van der Waals surface area contributed by atoms with Crippen LogP contribution in [0.5, 0.6) is 0 Å². The van der Waals surface area contributed by atoms with Gasteiger partial charge in [0.05, 0.1) is 0 Å². The normalized spacial score (nSPS) is 29.0. The lowest BCUT2D eigenvalue weighted by Gasteiger charge is -2.47. The Hall–Kier alpha value is -1.79. The summed E-state index contributed by atoms with van der Waals surface area (Å²) in [5.41, 5.74) is 3.19. The first-order chi connectivity index (χ1) is 15.7. The highest BCUT2D eigenvalue weighted by Gasteiger charge is 2.50. The average Bonchev–Trinajstić information content (AvgIpc) is 2.81. The smallest absolute Gasteiger partial charge is 0.269 e. The monoisotopic (exact) mass is 459 g/mol. The summed E-state index contributed by atoms with van der Waals surface area (Å²) < 4.78 is 30.1. The van der Waals surface area contributed by atoms with Crippen molar-refractivity contribution in [2.24, 2.45) is 0 Å². The molecule has 0 radical (unpaired) electrons. The molecule has 1 unspecified atom stereocenters. The van der Waals surface area contributed by atoms with Crippen molar-refractivity contribution in [2.45, 2.75) is 89.3 Å². The van der Waals surface area contributed by atoms with Crippen LogP contribution < -0.4 is 5.32 Å². The zero-order valence-electron chi connectivity index (χ0n) is 20.3. The number of allylic oxidation sites excluding steroid dienone is 1. The first-order valence-corrected chi connectivity index (χ1v) is 12.7. The molecular formula is C27H39F2N3O. The fraction of sp³-hybridized carbons (Fsp3) is 0.667. The summed E-state index contributed by atoms with van der Waals surface area (Å²) >= 11 is 0. The molecule has 4 rings (SSSR count). The highest BCUT2D eigenvalue weighted by molar-refractivity contribution is 5.93. The van der Waals surface area contributed by atoms with Crippen LogP contribution >= 0.6 is 0 Å². The molecule has 1 aliphatic heterocycles. The Labute approximate surface area is 197 Å². The molecule has 1 heterocycles. The third kappa shape index (κ3) is 5.65. The lowest BCUT2D eigenvalue weighted by molar-refractivity contribution is -0.131. The van der Waals surface area contributed by atoms with E-state index in [0.29, 0.717) is 30.4 Å². The highest BCUT2D eigenvalue weighted by atomic mass is 19.3. The van der Waals surface area contributed by atoms with Gasteiger partial charge in [-0.05, 0) is 64.4 Å². The second-order valence-electron chi connectivity index (χ2n) is 10.4. The summed E-state index contributed by atoms with van der Waals surface area (Å²) in [4.78, 5) is 17.7. The molecule has 1 saturated heterocycles. The number of aryl methyl sites for hydroxylation is 1. The minimum absolute atomic E-state index is 0.144. The Bertz CT molecular complexity index is 843. The van der Waals surface area contributed by atoms with Gasteiger partial charge in [0.2, 0.25) is 5.91 Å². The maximum atomic E-state index is 15.1. The molecular weight excluding hydrogens is 420 g/mol. The molecule has 33 heavy (non-hydrogen) atoms. The van der Waals surface area contributed by atoms with Crippen molar-refractivity contribution < 1.29 is 13.6 Å². The van der Waals surface area contributed by atoms with E-state index >= 15 is 8.78 Å². The average molecular weight is 460 g/mol. The topological polar surface area (TPSA) is 35.6 Å². The number of benzene rings is 1. The molecule has 0 bridgehead atoms. The number of amides is 1. The zero-order chi connectivity index (χ0) is 23.6. The van der Waals surface area contributed by atoms with Crippen molar-refractivity contribution in [3.05, 3.63) is 47.0 Å². The number of nitrogens with one attached hydrogen (secondary N) is 1. The summed E-state index contributed by atoms with van der Waals surface area (Å²) in [6.45, 7) is 9.78. The van der Waals surface area contributed by atoms with Crippen molar-refractivity contribution in [1.82, 2.24) is 15.1 Å². The molecule has 4 nitrogen and oxygen atoms in total. The van der Waals surface area contributed by atoms with Gasteiger partial charge in [0, 0.05) is 50.3 Å². The van der Waals surface area contributed by atoms with E-state index in [0.717, 1.165) is 45.4 Å². The molecule has 2 aliphatic carbocycles. The summed E-state index contributed by atoms with van der Waals surface area (Å²) in [5, 5.41) is 2.81. The highest BCUT2D eigenvalue weighted by Crippen LogP contribution is 2.37. The summed E-state index contributed by atoms with van der Waals surface area (Å²) in [6.07, 6.45) is 5.36. The standard InChI is InChI=1S/C27H39F2N3O/c1-19(2)31-15-17-32(18-16-31)24-5-4-14-27(28,29)25(24)30-26(33)23-12-10-22(11-13-23)21-8-6-20(3)7-9-21/h6-9,12,19,22,24-25H,4-5,10-11,13-18H2,1-3H3,(H,30,33)/t22?,24-,25+/m0/s1. The summed E-state index contributed by atoms with van der Waals surface area (Å²) in [6, 6.07) is 7.62. The van der Waals surface area contributed by atoms with E-state index in [1.165, 1.54) is 11.1 Å². The van der Waals surface area contributed by atoms with Crippen LogP contribution in [-0.2, 0) is 4.79 Å². The zero-order valence-corrected chi connectivity index (χ0v) is 20.3. The molecule has 1 saturated carbocycles. The number of halogens is 2. The number of piperazine rings is 1. The van der Waals surface area contributed by atoms with Crippen molar-refractivity contribution in [1.29, 1.82) is 0 Å². The van der Waals surface area contributed by atoms with Gasteiger partial charge in [-0.25, -0.2) is 8.78 Å². The quantitative estimate of drug-likeness (QED) is 0.681. The van der Waals surface area contributed by atoms with Crippen molar-refractivity contribution >= 4 is 5.91 Å². The molecule has 182 valence electrons. The first kappa shape index (κ1) is 24.3. The van der Waals surface area contributed by atoms with Gasteiger partial charge in [0.15, 0.2) is 0 Å². The van der Waals surface area contributed by atoms with Crippen LogP contribution in [-0.4, -0.2) is 65.9 Å². The van der Waals surface area contributed by atoms with Crippen molar-refractivity contribution in [3.63, 3.8) is 0 Å². The van der Waals surface area contributed by atoms with E-state index in [-0.39, 0.29) is 18.4 Å². The number of alkyl halides is 2. The Morgan fingerprint density at radius 2 is 1.79 bits per heavy atom. The molecule has 1 aromatic rings. The first-order valence-electron chi connectivity index (χ1n) is 12.7. The largest absolute Gasteiger partial charge is 0.342 e. The van der Waals surface area contributed by atoms with Crippen LogP contribution in [0.3, 0.4) is 0 Å². The van der Waals surface area contributed by atoms with Crippen LogP contribution in [0.4, 0.5) is 8.78 Å². The number of carbonyl (C=O) groups is 1. The van der Waals surface area contributed by atoms with E-state index in [1.54, 1.807) is 0 Å². The van der Waals surface area contributed by atoms with Gasteiger partial charge >= 0.3 is 0 Å². The predicted molar refractivity (Wildman–Crippen MR) is 129 cm³/mol. The van der Waals surface area contributed by atoms with Gasteiger partial charge in [-0.1, -0.05) is 35.9 Å². The molecule has 3 atom stereocenters. The third-order valence-electron chi connectivity index (χ3n) is 7.94. The van der Waals surface area contributed by atoms with Gasteiger partial charge in [-0.2, -0.15) is 0 Å². The van der Waals surface area contributed by atoms with E-state index in [4.69, 9.17) is 0 Å². The van der Waals surface area contributed by atoms with Crippen LogP contribution in [0.25, 0.3) is 0 Å². The Morgan fingerprint density at radius 1 is 1.09 bits per heavy atom. The maximum Gasteiger partial charge on any atom is 0.269 e. The predicted octanol–water partition coefficient (Wildman–Crippen LogP) is 4.89. The van der Waals surface area contributed by atoms with E-state index < -0.39 is 12.0 Å². The molecule has 2 fully saturated rings. The molecule has 3 aliphatic rings. The summed E-state index contributed by atoms with van der Waals surface area (Å²) in [5.74, 6) is -2.77. The molecule has 0 aromatic heterocycles. The van der Waals surface area contributed by atoms with Crippen LogP contribution in [0.15, 0.2) is 35.9 Å². The van der Waals surface area contributed by atoms with Gasteiger partial charge < -0.3 is 5.32 Å². The van der Waals surface area contributed by atoms with Crippen molar-refractivity contribution in [2.75, 3.05) is 26.2 Å². The van der Waals surface area contributed by atoms with Gasteiger partial charge in [-0.15, -0.1) is 0 Å². The van der Waals surface area contributed by atoms with E-state index in [9.17, 15) is 4.79 Å². The van der Waals surface area contributed by atoms with Crippen LogP contribution in [0, 0.1) is 6.92 Å². The fourth-order valence-electron chi connectivity index (χ4n) is 5.75. The number of nitrogens with zero attached hydrogens (tertiary/aromatic N) is 2. The van der Waals surface area contributed by atoms with E-state index in [1.807, 2.05) is 6.08 Å². The second-order valence-corrected chi connectivity index (χ2v) is 10.4. The molecule has 1 aromatic carbocycles. The number of hydrogen-bond acceptors (Lipinski definition) is 3. The van der Waals surface area contributed by atoms with E-state index in [2.05, 4.69) is 60.2 Å². The van der Waals surface area contributed by atoms with Gasteiger partial charge in [0.25, 0.3) is 5.92 Å². The Kier molecular flexibility index (Phi) is 7.54. The van der Waals surface area contributed by atoms with Crippen LogP contribution in [0.2, 0.25) is 0 Å². The minimum atomic E-state index is -2.87. The molecule has 0 spiro atoms. The maximum absolute atomic E-state index is 15.1. The van der Waals surface area contributed by atoms with Gasteiger partial charge in [-0.3, -0.25) is 14.6 Å². The van der Waals surface area contributed by atoms with Crippen LogP contribution in [0.1, 0.15) is 69.4 Å². The van der Waals surface area contributed by atoms with Gasteiger partial charge in [0.1, 0.15) is 6.04 Å². The fourth-order valence-corrected chi connectivity index (χ4v) is 5.75. The lowest BCUT2D eigenvalue weighted by atomic mass is 9.83. The lowest BCUT2D eigenvalue weighted by Crippen LogP contribution is -2.64. The Morgan fingerprint density at radius 3 is 2.39 bits per heavy atom. The SMILES string of the molecule is Cc1ccc(C2CC=C(C(=O)N[C@@H]3[C@@H](N4CCN(C(C)C)CC4)CCCC3(F)F)CC2)cc1. The number of rotatable bonds is 5. The summed E-state index contributed by atoms with van der Waals surface area (Å²) in [7, 11) is 0. The molecule has 6 heteroatoms. The molecule has 1 amide bonds. The minimum Gasteiger partial charge on any atom is -0.342 e. The molecule has 1 N–H and O–H groups in total. The second kappa shape index (κ2) is 10.2.